The Morgan fingerprint density at radius 2 is 2.04 bits per heavy atom. The zero-order valence-electron chi connectivity index (χ0n) is 14.2. The zero-order valence-corrected chi connectivity index (χ0v) is 14.2. The Morgan fingerprint density at radius 3 is 2.69 bits per heavy atom. The van der Waals surface area contributed by atoms with Crippen LogP contribution < -0.4 is 11.2 Å². The Labute approximate surface area is 148 Å². The number of carbonyl (C=O) groups is 1. The molecule has 3 aromatic rings. The van der Waals surface area contributed by atoms with Gasteiger partial charge in [-0.05, 0) is 18.6 Å². The van der Waals surface area contributed by atoms with Crippen LogP contribution in [0.4, 0.5) is 4.79 Å². The van der Waals surface area contributed by atoms with Crippen LogP contribution in [0.15, 0.2) is 58.6 Å². The summed E-state index contributed by atoms with van der Waals surface area (Å²) in [6, 6.07) is 11.0. The van der Waals surface area contributed by atoms with Gasteiger partial charge in [0.15, 0.2) is 0 Å². The van der Waals surface area contributed by atoms with Crippen molar-refractivity contribution in [1.29, 1.82) is 0 Å². The van der Waals surface area contributed by atoms with Crippen LogP contribution in [0, 0.1) is 0 Å². The molecule has 1 N–H and O–H groups in total. The smallest absolute Gasteiger partial charge is 0.425 e. The van der Waals surface area contributed by atoms with Gasteiger partial charge < -0.3 is 4.74 Å². The molecule has 0 unspecified atom stereocenters. The summed E-state index contributed by atoms with van der Waals surface area (Å²) in [6.45, 7) is 5.33. The van der Waals surface area contributed by atoms with Gasteiger partial charge in [0, 0.05) is 17.7 Å². The summed E-state index contributed by atoms with van der Waals surface area (Å²) in [5, 5.41) is 0.150. The minimum Gasteiger partial charge on any atom is -0.449 e. The fourth-order valence-corrected chi connectivity index (χ4v) is 2.72. The molecule has 0 radical (unpaired) electrons. The third kappa shape index (κ3) is 3.06. The maximum atomic E-state index is 12.9. The first-order valence-electron chi connectivity index (χ1n) is 8.09. The number of carbonyl (C=O) groups excluding carboxylic acids is 1. The van der Waals surface area contributed by atoms with E-state index in [1.54, 1.807) is 19.1 Å². The highest BCUT2D eigenvalue weighted by molar-refractivity contribution is 5.93. The third-order valence-corrected chi connectivity index (χ3v) is 3.81. The highest BCUT2D eigenvalue weighted by Gasteiger charge is 2.19. The number of rotatable bonds is 4. The third-order valence-electron chi connectivity index (χ3n) is 3.81. The van der Waals surface area contributed by atoms with Crippen LogP contribution in [0.1, 0.15) is 12.6 Å². The van der Waals surface area contributed by atoms with Gasteiger partial charge in [-0.1, -0.05) is 36.4 Å². The highest BCUT2D eigenvalue weighted by atomic mass is 16.5. The molecule has 0 saturated heterocycles. The quantitative estimate of drug-likeness (QED) is 0.729. The number of hydrogen-bond donors (Lipinski definition) is 1. The number of pyridine rings is 1. The molecule has 26 heavy (non-hydrogen) atoms. The predicted octanol–water partition coefficient (Wildman–Crippen LogP) is 2.48. The van der Waals surface area contributed by atoms with E-state index in [1.807, 2.05) is 30.3 Å². The largest absolute Gasteiger partial charge is 0.449 e. The predicted molar refractivity (Wildman–Crippen MR) is 98.4 cm³/mol. The number of H-pyrrole nitrogens is 1. The molecule has 2 aromatic heterocycles. The molecule has 3 rings (SSSR count). The molecule has 0 fully saturated rings. The van der Waals surface area contributed by atoms with Gasteiger partial charge >= 0.3 is 11.8 Å². The van der Waals surface area contributed by atoms with Gasteiger partial charge in [0.1, 0.15) is 5.65 Å². The van der Waals surface area contributed by atoms with Crippen molar-refractivity contribution >= 4 is 17.1 Å². The minimum atomic E-state index is -1.02. The molecule has 7 nitrogen and oxygen atoms in total. The Bertz CT molecular complexity index is 1100. The molecule has 0 aliphatic rings. The standard InChI is InChI=1S/C19H17N3O4/c1-3-8-13-11-14(12-9-6-5-7-10-12)15-16(20-13)21-18(24)22(17(15)23)19(25)26-4-2/h3,5-7,9-11H,1,4,8H2,2H3,(H,20,21,24). The number of nitrogens with zero attached hydrogens (tertiary/aromatic N) is 2. The van der Waals surface area contributed by atoms with Gasteiger partial charge in [-0.3, -0.25) is 9.78 Å². The molecule has 132 valence electrons. The molecule has 7 heteroatoms. The van der Waals surface area contributed by atoms with E-state index < -0.39 is 17.3 Å². The van der Waals surface area contributed by atoms with Gasteiger partial charge in [0.05, 0.1) is 12.0 Å². The van der Waals surface area contributed by atoms with E-state index in [1.165, 1.54) is 0 Å². The lowest BCUT2D eigenvalue weighted by Crippen LogP contribution is -2.40. The van der Waals surface area contributed by atoms with Crippen molar-refractivity contribution < 1.29 is 9.53 Å². The summed E-state index contributed by atoms with van der Waals surface area (Å²) in [5.41, 5.74) is 0.465. The van der Waals surface area contributed by atoms with Crippen LogP contribution in [-0.2, 0) is 11.2 Å². The molecule has 0 atom stereocenters. The number of hydrogen-bond acceptors (Lipinski definition) is 5. The van der Waals surface area contributed by atoms with Gasteiger partial charge in [0.2, 0.25) is 0 Å². The lowest BCUT2D eigenvalue weighted by molar-refractivity contribution is 0.152. The van der Waals surface area contributed by atoms with E-state index in [0.29, 0.717) is 22.2 Å². The molecular formula is C19H17N3O4. The van der Waals surface area contributed by atoms with Crippen molar-refractivity contribution in [3.63, 3.8) is 0 Å². The fraction of sp³-hybridized carbons (Fsp3) is 0.158. The second-order valence-electron chi connectivity index (χ2n) is 5.51. The summed E-state index contributed by atoms with van der Waals surface area (Å²) in [6.07, 6.45) is 1.13. The number of aromatic nitrogens is 3. The van der Waals surface area contributed by atoms with Crippen molar-refractivity contribution in [2.45, 2.75) is 13.3 Å². The van der Waals surface area contributed by atoms with E-state index in [-0.39, 0.29) is 17.6 Å². The maximum Gasteiger partial charge on any atom is 0.425 e. The molecule has 0 bridgehead atoms. The van der Waals surface area contributed by atoms with E-state index in [0.717, 1.165) is 5.56 Å². The Hall–Kier alpha value is -3.48. The van der Waals surface area contributed by atoms with E-state index in [9.17, 15) is 14.4 Å². The average molecular weight is 351 g/mol. The lowest BCUT2D eigenvalue weighted by atomic mass is 10.0. The zero-order chi connectivity index (χ0) is 18.7. The average Bonchev–Trinajstić information content (AvgIpc) is 2.62. The number of allylic oxidation sites excluding steroid dienone is 1. The normalized spacial score (nSPS) is 10.7. The molecule has 0 aliphatic heterocycles. The SMILES string of the molecule is C=CCc1cc(-c2ccccc2)c2c(=O)n(C(=O)OCC)c(=O)[nH]c2n1. The van der Waals surface area contributed by atoms with Gasteiger partial charge in [-0.25, -0.2) is 14.6 Å². The number of benzene rings is 1. The van der Waals surface area contributed by atoms with Crippen molar-refractivity contribution in [2.24, 2.45) is 0 Å². The van der Waals surface area contributed by atoms with Crippen molar-refractivity contribution in [3.8, 4) is 11.1 Å². The van der Waals surface area contributed by atoms with Crippen LogP contribution in [0.5, 0.6) is 0 Å². The van der Waals surface area contributed by atoms with Gasteiger partial charge in [0.25, 0.3) is 5.56 Å². The first-order chi connectivity index (χ1) is 12.6. The van der Waals surface area contributed by atoms with Crippen molar-refractivity contribution in [1.82, 2.24) is 14.5 Å². The summed E-state index contributed by atoms with van der Waals surface area (Å²) in [7, 11) is 0. The highest BCUT2D eigenvalue weighted by Crippen LogP contribution is 2.25. The summed E-state index contributed by atoms with van der Waals surface area (Å²) in [5.74, 6) is 0. The maximum absolute atomic E-state index is 12.9. The minimum absolute atomic E-state index is 0.0464. The number of ether oxygens (including phenoxy) is 1. The van der Waals surface area contributed by atoms with E-state index >= 15 is 0 Å². The van der Waals surface area contributed by atoms with Gasteiger partial charge in [-0.15, -0.1) is 6.58 Å². The first kappa shape index (κ1) is 17.3. The number of nitrogens with one attached hydrogen (secondary N) is 1. The van der Waals surface area contributed by atoms with E-state index in [2.05, 4.69) is 16.5 Å². The molecule has 2 heterocycles. The van der Waals surface area contributed by atoms with Crippen LogP contribution in [0.2, 0.25) is 0 Å². The monoisotopic (exact) mass is 351 g/mol. The molecule has 0 amide bonds. The fourth-order valence-electron chi connectivity index (χ4n) is 2.72. The molecule has 1 aromatic carbocycles. The van der Waals surface area contributed by atoms with Crippen molar-refractivity contribution in [3.05, 3.63) is 75.6 Å². The Balaban J connectivity index is 2.41. The number of aromatic amines is 1. The Kier molecular flexibility index (Phi) is 4.79. The van der Waals surface area contributed by atoms with Crippen LogP contribution >= 0.6 is 0 Å². The van der Waals surface area contributed by atoms with Crippen LogP contribution in [-0.4, -0.2) is 27.2 Å². The Morgan fingerprint density at radius 1 is 1.31 bits per heavy atom. The van der Waals surface area contributed by atoms with Crippen LogP contribution in [0.25, 0.3) is 22.2 Å². The van der Waals surface area contributed by atoms with Crippen molar-refractivity contribution in [2.75, 3.05) is 6.61 Å². The van der Waals surface area contributed by atoms with Gasteiger partial charge in [-0.2, -0.15) is 4.57 Å². The van der Waals surface area contributed by atoms with E-state index in [4.69, 9.17) is 4.74 Å². The summed E-state index contributed by atoms with van der Waals surface area (Å²) in [4.78, 5) is 44.0. The second-order valence-corrected chi connectivity index (χ2v) is 5.51. The number of fused-ring (bicyclic) bond motifs is 1. The topological polar surface area (TPSA) is 94.0 Å². The first-order valence-corrected chi connectivity index (χ1v) is 8.09. The molecule has 0 saturated carbocycles. The second kappa shape index (κ2) is 7.18. The lowest BCUT2D eigenvalue weighted by Gasteiger charge is -2.10. The summed E-state index contributed by atoms with van der Waals surface area (Å²) < 4.78 is 5.27. The molecule has 0 spiro atoms. The molecular weight excluding hydrogens is 334 g/mol. The summed E-state index contributed by atoms with van der Waals surface area (Å²) >= 11 is 0. The van der Waals surface area contributed by atoms with Crippen LogP contribution in [0.3, 0.4) is 0 Å². The molecule has 0 aliphatic carbocycles.